The van der Waals surface area contributed by atoms with Gasteiger partial charge < -0.3 is 9.47 Å². The third-order valence-electron chi connectivity index (χ3n) is 2.82. The van der Waals surface area contributed by atoms with Crippen LogP contribution in [0.5, 0.6) is 5.75 Å². The van der Waals surface area contributed by atoms with Crippen LogP contribution in [0.4, 0.5) is 0 Å². The third-order valence-corrected chi connectivity index (χ3v) is 2.82. The maximum Gasteiger partial charge on any atom is 0.319 e. The van der Waals surface area contributed by atoms with E-state index in [-0.39, 0.29) is 12.5 Å². The van der Waals surface area contributed by atoms with Crippen molar-refractivity contribution in [1.29, 1.82) is 0 Å². The lowest BCUT2D eigenvalue weighted by molar-refractivity contribution is -0.141. The van der Waals surface area contributed by atoms with E-state index in [0.29, 0.717) is 6.54 Å². The fourth-order valence-electron chi connectivity index (χ4n) is 1.81. The molecule has 0 heterocycles. The molecule has 0 aromatic heterocycles. The number of aryl methyl sites for hydroxylation is 1. The van der Waals surface area contributed by atoms with Gasteiger partial charge in [-0.25, -0.2) is 0 Å². The van der Waals surface area contributed by atoms with Crippen LogP contribution < -0.4 is 4.74 Å². The topological polar surface area (TPSA) is 38.8 Å². The predicted octanol–water partition coefficient (Wildman–Crippen LogP) is 1.86. The van der Waals surface area contributed by atoms with E-state index < -0.39 is 0 Å². The molecule has 18 heavy (non-hydrogen) atoms. The molecule has 4 nitrogen and oxygen atoms in total. The summed E-state index contributed by atoms with van der Waals surface area (Å²) in [5.41, 5.74) is 2.35. The summed E-state index contributed by atoms with van der Waals surface area (Å²) >= 11 is 0. The van der Waals surface area contributed by atoms with Crippen molar-refractivity contribution in [2.75, 3.05) is 27.8 Å². The Balaban J connectivity index is 2.78. The third kappa shape index (κ3) is 4.04. The Morgan fingerprint density at radius 3 is 2.61 bits per heavy atom. The zero-order valence-corrected chi connectivity index (χ0v) is 11.5. The number of hydrogen-bond acceptors (Lipinski definition) is 4. The number of benzene rings is 1. The SMILES string of the molecule is CCc1ccc(OC)c(CN(C)CC(=O)OC)c1. The number of rotatable bonds is 6. The lowest BCUT2D eigenvalue weighted by Gasteiger charge is -2.17. The molecule has 0 aliphatic rings. The predicted molar refractivity (Wildman–Crippen MR) is 70.7 cm³/mol. The molecular weight excluding hydrogens is 230 g/mol. The molecule has 0 radical (unpaired) electrons. The molecule has 0 atom stereocenters. The summed E-state index contributed by atoms with van der Waals surface area (Å²) in [4.78, 5) is 13.1. The van der Waals surface area contributed by atoms with Crippen LogP contribution in [-0.4, -0.2) is 38.7 Å². The van der Waals surface area contributed by atoms with Crippen molar-refractivity contribution >= 4 is 5.97 Å². The lowest BCUT2D eigenvalue weighted by Crippen LogP contribution is -2.26. The highest BCUT2D eigenvalue weighted by molar-refractivity contribution is 5.71. The smallest absolute Gasteiger partial charge is 0.319 e. The maximum atomic E-state index is 11.2. The average Bonchev–Trinajstić information content (AvgIpc) is 2.38. The fourth-order valence-corrected chi connectivity index (χ4v) is 1.81. The van der Waals surface area contributed by atoms with E-state index >= 15 is 0 Å². The average molecular weight is 251 g/mol. The van der Waals surface area contributed by atoms with Crippen LogP contribution in [0.3, 0.4) is 0 Å². The standard InChI is InChI=1S/C14H21NO3/c1-5-11-6-7-13(17-3)12(8-11)9-15(2)10-14(16)18-4/h6-8H,5,9-10H2,1-4H3. The van der Waals surface area contributed by atoms with Gasteiger partial charge in [-0.2, -0.15) is 0 Å². The highest BCUT2D eigenvalue weighted by atomic mass is 16.5. The molecule has 1 rings (SSSR count). The summed E-state index contributed by atoms with van der Waals surface area (Å²) in [7, 11) is 4.94. The molecule has 0 fully saturated rings. The Morgan fingerprint density at radius 1 is 1.33 bits per heavy atom. The molecule has 0 spiro atoms. The first-order valence-corrected chi connectivity index (χ1v) is 6.01. The van der Waals surface area contributed by atoms with Gasteiger partial charge in [0.2, 0.25) is 0 Å². The van der Waals surface area contributed by atoms with Crippen molar-refractivity contribution in [1.82, 2.24) is 4.90 Å². The molecule has 0 bridgehead atoms. The second-order valence-corrected chi connectivity index (χ2v) is 4.25. The first-order chi connectivity index (χ1) is 8.60. The van der Waals surface area contributed by atoms with Crippen molar-refractivity contribution in [2.24, 2.45) is 0 Å². The van der Waals surface area contributed by atoms with Gasteiger partial charge in [-0.15, -0.1) is 0 Å². The van der Waals surface area contributed by atoms with Gasteiger partial charge in [0.05, 0.1) is 20.8 Å². The Morgan fingerprint density at radius 2 is 2.06 bits per heavy atom. The normalized spacial score (nSPS) is 10.5. The maximum absolute atomic E-state index is 11.2. The summed E-state index contributed by atoms with van der Waals surface area (Å²) in [6.45, 7) is 3.05. The van der Waals surface area contributed by atoms with E-state index in [0.717, 1.165) is 17.7 Å². The fraction of sp³-hybridized carbons (Fsp3) is 0.500. The van der Waals surface area contributed by atoms with Crippen LogP contribution in [0.15, 0.2) is 18.2 Å². The quantitative estimate of drug-likeness (QED) is 0.723. The van der Waals surface area contributed by atoms with Gasteiger partial charge in [-0.3, -0.25) is 9.69 Å². The number of hydrogen-bond donors (Lipinski definition) is 0. The van der Waals surface area contributed by atoms with Gasteiger partial charge in [0.25, 0.3) is 0 Å². The lowest BCUT2D eigenvalue weighted by atomic mass is 10.1. The van der Waals surface area contributed by atoms with Crippen LogP contribution in [-0.2, 0) is 22.5 Å². The van der Waals surface area contributed by atoms with E-state index in [1.165, 1.54) is 12.7 Å². The Labute approximate surface area is 108 Å². The monoisotopic (exact) mass is 251 g/mol. The van der Waals surface area contributed by atoms with Gasteiger partial charge in [-0.05, 0) is 25.1 Å². The highest BCUT2D eigenvalue weighted by Crippen LogP contribution is 2.21. The van der Waals surface area contributed by atoms with Gasteiger partial charge in [0.1, 0.15) is 5.75 Å². The van der Waals surface area contributed by atoms with Crippen molar-refractivity contribution in [3.63, 3.8) is 0 Å². The van der Waals surface area contributed by atoms with Crippen LogP contribution in [0.1, 0.15) is 18.1 Å². The number of carbonyl (C=O) groups excluding carboxylic acids is 1. The summed E-state index contributed by atoms with van der Waals surface area (Å²) < 4.78 is 9.98. The Hall–Kier alpha value is -1.55. The van der Waals surface area contributed by atoms with E-state index in [1.807, 2.05) is 18.0 Å². The van der Waals surface area contributed by atoms with Crippen LogP contribution in [0, 0.1) is 0 Å². The second-order valence-electron chi connectivity index (χ2n) is 4.25. The molecule has 0 N–H and O–H groups in total. The number of likely N-dealkylation sites (N-methyl/N-ethyl adjacent to an activating group) is 1. The van der Waals surface area contributed by atoms with Crippen molar-refractivity contribution in [3.8, 4) is 5.75 Å². The number of methoxy groups -OCH3 is 2. The van der Waals surface area contributed by atoms with Crippen LogP contribution >= 0.6 is 0 Å². The molecular formula is C14H21NO3. The van der Waals surface area contributed by atoms with Gasteiger partial charge in [0, 0.05) is 12.1 Å². The first kappa shape index (κ1) is 14.5. The minimum atomic E-state index is -0.233. The van der Waals surface area contributed by atoms with Crippen LogP contribution in [0.25, 0.3) is 0 Å². The van der Waals surface area contributed by atoms with Gasteiger partial charge in [-0.1, -0.05) is 19.1 Å². The van der Waals surface area contributed by atoms with Gasteiger partial charge in [0.15, 0.2) is 0 Å². The van der Waals surface area contributed by atoms with E-state index in [4.69, 9.17) is 4.74 Å². The largest absolute Gasteiger partial charge is 0.496 e. The molecule has 0 saturated heterocycles. The number of carbonyl (C=O) groups is 1. The second kappa shape index (κ2) is 7.01. The van der Waals surface area contributed by atoms with Crippen molar-refractivity contribution in [3.05, 3.63) is 29.3 Å². The molecule has 0 unspecified atom stereocenters. The minimum Gasteiger partial charge on any atom is -0.496 e. The molecule has 1 aromatic carbocycles. The Kier molecular flexibility index (Phi) is 5.65. The van der Waals surface area contributed by atoms with E-state index in [1.54, 1.807) is 7.11 Å². The molecule has 100 valence electrons. The van der Waals surface area contributed by atoms with Crippen molar-refractivity contribution < 1.29 is 14.3 Å². The zero-order chi connectivity index (χ0) is 13.5. The highest BCUT2D eigenvalue weighted by Gasteiger charge is 2.10. The molecule has 4 heteroatoms. The molecule has 1 aromatic rings. The molecule has 0 aliphatic heterocycles. The summed E-state index contributed by atoms with van der Waals surface area (Å²) in [6.07, 6.45) is 0.984. The molecule has 0 aliphatic carbocycles. The molecule has 0 amide bonds. The van der Waals surface area contributed by atoms with Crippen molar-refractivity contribution in [2.45, 2.75) is 19.9 Å². The number of nitrogens with zero attached hydrogens (tertiary/aromatic N) is 1. The summed E-state index contributed by atoms with van der Waals surface area (Å²) in [5, 5.41) is 0. The number of esters is 1. The molecule has 0 saturated carbocycles. The Bertz CT molecular complexity index is 404. The zero-order valence-electron chi connectivity index (χ0n) is 11.5. The van der Waals surface area contributed by atoms with Gasteiger partial charge >= 0.3 is 5.97 Å². The first-order valence-electron chi connectivity index (χ1n) is 6.01. The number of ether oxygens (including phenoxy) is 2. The van der Waals surface area contributed by atoms with Crippen LogP contribution in [0.2, 0.25) is 0 Å². The summed E-state index contributed by atoms with van der Waals surface area (Å²) in [6, 6.07) is 6.15. The summed E-state index contributed by atoms with van der Waals surface area (Å²) in [5.74, 6) is 0.618. The van der Waals surface area contributed by atoms with E-state index in [9.17, 15) is 4.79 Å². The minimum absolute atomic E-state index is 0.233. The van der Waals surface area contributed by atoms with E-state index in [2.05, 4.69) is 23.8 Å².